The summed E-state index contributed by atoms with van der Waals surface area (Å²) in [6.45, 7) is 1.56. The minimum absolute atomic E-state index is 0. The monoisotopic (exact) mass is 365 g/mol. The number of carbonyl (C=O) groups excluding carboxylic acids is 1. The fourth-order valence-electron chi connectivity index (χ4n) is 1.77. The smallest absolute Gasteiger partial charge is 0.320 e. The van der Waals surface area contributed by atoms with E-state index in [1.54, 1.807) is 0 Å². The van der Waals surface area contributed by atoms with Crippen LogP contribution in [-0.2, 0) is 9.59 Å². The maximum absolute atomic E-state index is 11.8. The lowest BCUT2D eigenvalue weighted by atomic mass is 10.1. The highest BCUT2D eigenvalue weighted by atomic mass is 35.5. The number of carbonyl (C=O) groups is 2. The van der Waals surface area contributed by atoms with E-state index in [9.17, 15) is 19.7 Å². The molecule has 1 unspecified atom stereocenters. The summed E-state index contributed by atoms with van der Waals surface area (Å²) in [7, 11) is 0. The Morgan fingerprint density at radius 1 is 1.43 bits per heavy atom. The third kappa shape index (κ3) is 6.81. The standard InChI is InChI=1S/C13H16ClN3O5.ClH/c1-2-3-10(13(19)20)15-7-12(18)16-9-5-4-8(14)6-11(9)17(21)22;/h4-6,10,15H,2-3,7H2,1H3,(H,16,18)(H,19,20);1H. The van der Waals surface area contributed by atoms with Crippen molar-refractivity contribution in [1.82, 2.24) is 5.32 Å². The van der Waals surface area contributed by atoms with E-state index in [2.05, 4.69) is 10.6 Å². The molecule has 1 aromatic carbocycles. The molecule has 0 spiro atoms. The molecule has 1 aromatic rings. The van der Waals surface area contributed by atoms with Crippen molar-refractivity contribution in [3.05, 3.63) is 33.3 Å². The zero-order valence-electron chi connectivity index (χ0n) is 12.2. The Kier molecular flexibility index (Phi) is 9.16. The number of carboxylic acids is 1. The summed E-state index contributed by atoms with van der Waals surface area (Å²) in [6, 6.07) is 3.02. The van der Waals surface area contributed by atoms with Gasteiger partial charge in [-0.1, -0.05) is 24.9 Å². The number of aliphatic carboxylic acids is 1. The zero-order valence-corrected chi connectivity index (χ0v) is 13.8. The predicted molar refractivity (Wildman–Crippen MR) is 88.3 cm³/mol. The van der Waals surface area contributed by atoms with Crippen molar-refractivity contribution >= 4 is 47.3 Å². The number of hydrogen-bond acceptors (Lipinski definition) is 5. The largest absolute Gasteiger partial charge is 0.480 e. The summed E-state index contributed by atoms with van der Waals surface area (Å²) in [4.78, 5) is 33.0. The van der Waals surface area contributed by atoms with E-state index in [0.717, 1.165) is 6.07 Å². The second-order valence-corrected chi connectivity index (χ2v) is 4.96. The van der Waals surface area contributed by atoms with Gasteiger partial charge >= 0.3 is 5.97 Å². The number of nitrogens with zero attached hydrogens (tertiary/aromatic N) is 1. The molecule has 128 valence electrons. The molecule has 23 heavy (non-hydrogen) atoms. The van der Waals surface area contributed by atoms with Crippen LogP contribution in [0.4, 0.5) is 11.4 Å². The van der Waals surface area contributed by atoms with E-state index >= 15 is 0 Å². The summed E-state index contributed by atoms with van der Waals surface area (Å²) >= 11 is 5.68. The average Bonchev–Trinajstić information content (AvgIpc) is 2.44. The Bertz CT molecular complexity index is 583. The molecule has 1 atom stereocenters. The fraction of sp³-hybridized carbons (Fsp3) is 0.385. The van der Waals surface area contributed by atoms with Gasteiger partial charge in [0.25, 0.3) is 5.69 Å². The lowest BCUT2D eigenvalue weighted by Gasteiger charge is -2.13. The van der Waals surface area contributed by atoms with Crippen molar-refractivity contribution in [3.8, 4) is 0 Å². The number of nitro benzene ring substituents is 1. The van der Waals surface area contributed by atoms with Crippen LogP contribution in [0.1, 0.15) is 19.8 Å². The lowest BCUT2D eigenvalue weighted by molar-refractivity contribution is -0.383. The van der Waals surface area contributed by atoms with Gasteiger partial charge in [-0.05, 0) is 18.6 Å². The molecular weight excluding hydrogens is 349 g/mol. The predicted octanol–water partition coefficient (Wildman–Crippen LogP) is 2.45. The summed E-state index contributed by atoms with van der Waals surface area (Å²) in [5, 5.41) is 25.0. The van der Waals surface area contributed by atoms with Crippen LogP contribution in [0.2, 0.25) is 5.02 Å². The first kappa shape index (κ1) is 21.1. The van der Waals surface area contributed by atoms with Gasteiger partial charge in [0.15, 0.2) is 0 Å². The van der Waals surface area contributed by atoms with Gasteiger partial charge in [-0.15, -0.1) is 12.4 Å². The summed E-state index contributed by atoms with van der Waals surface area (Å²) < 4.78 is 0. The van der Waals surface area contributed by atoms with Crippen molar-refractivity contribution < 1.29 is 19.6 Å². The van der Waals surface area contributed by atoms with Gasteiger partial charge in [0.2, 0.25) is 5.91 Å². The van der Waals surface area contributed by atoms with Gasteiger partial charge in [-0.25, -0.2) is 0 Å². The number of rotatable bonds is 8. The quantitative estimate of drug-likeness (QED) is 0.480. The molecule has 0 aromatic heterocycles. The van der Waals surface area contributed by atoms with Crippen LogP contribution in [0.3, 0.4) is 0 Å². The highest BCUT2D eigenvalue weighted by Gasteiger charge is 2.19. The van der Waals surface area contributed by atoms with Crippen LogP contribution in [0.15, 0.2) is 18.2 Å². The second-order valence-electron chi connectivity index (χ2n) is 4.53. The van der Waals surface area contributed by atoms with E-state index < -0.39 is 22.8 Å². The van der Waals surface area contributed by atoms with Crippen LogP contribution >= 0.6 is 24.0 Å². The molecule has 0 fully saturated rings. The van der Waals surface area contributed by atoms with Gasteiger partial charge < -0.3 is 10.4 Å². The molecule has 0 aliphatic rings. The molecule has 8 nitrogen and oxygen atoms in total. The van der Waals surface area contributed by atoms with E-state index in [-0.39, 0.29) is 35.3 Å². The number of amides is 1. The van der Waals surface area contributed by atoms with Crippen molar-refractivity contribution in [2.75, 3.05) is 11.9 Å². The first-order valence-electron chi connectivity index (χ1n) is 6.55. The van der Waals surface area contributed by atoms with Crippen LogP contribution in [-0.4, -0.2) is 34.5 Å². The van der Waals surface area contributed by atoms with E-state index in [0.29, 0.717) is 12.8 Å². The molecule has 0 radical (unpaired) electrons. The lowest BCUT2D eigenvalue weighted by Crippen LogP contribution is -2.41. The van der Waals surface area contributed by atoms with Crippen LogP contribution in [0.25, 0.3) is 0 Å². The first-order chi connectivity index (χ1) is 10.3. The van der Waals surface area contributed by atoms with Gasteiger partial charge in [0, 0.05) is 11.1 Å². The summed E-state index contributed by atoms with van der Waals surface area (Å²) in [5.41, 5.74) is -0.326. The summed E-state index contributed by atoms with van der Waals surface area (Å²) in [5.74, 6) is -1.63. The molecule has 1 amide bonds. The molecule has 0 saturated carbocycles. The second kappa shape index (κ2) is 9.98. The van der Waals surface area contributed by atoms with E-state index in [1.165, 1.54) is 12.1 Å². The number of anilines is 1. The maximum Gasteiger partial charge on any atom is 0.320 e. The zero-order chi connectivity index (χ0) is 16.7. The number of halogens is 2. The van der Waals surface area contributed by atoms with Crippen molar-refractivity contribution in [1.29, 1.82) is 0 Å². The molecule has 10 heteroatoms. The third-order valence-electron chi connectivity index (χ3n) is 2.82. The molecule has 0 saturated heterocycles. The number of benzene rings is 1. The Morgan fingerprint density at radius 3 is 2.61 bits per heavy atom. The van der Waals surface area contributed by atoms with Gasteiger partial charge in [-0.3, -0.25) is 25.0 Å². The Morgan fingerprint density at radius 2 is 2.09 bits per heavy atom. The SMILES string of the molecule is CCCC(NCC(=O)Nc1ccc(Cl)cc1[N+](=O)[O-])C(=O)O.Cl. The molecular formula is C13H17Cl2N3O5. The number of carboxylic acid groups (broad SMARTS) is 1. The number of hydrogen-bond donors (Lipinski definition) is 3. The van der Waals surface area contributed by atoms with E-state index in [4.69, 9.17) is 16.7 Å². The molecule has 0 aliphatic heterocycles. The first-order valence-corrected chi connectivity index (χ1v) is 6.93. The molecule has 0 bridgehead atoms. The molecule has 3 N–H and O–H groups in total. The van der Waals surface area contributed by atoms with Crippen molar-refractivity contribution in [2.45, 2.75) is 25.8 Å². The Labute approximate surface area is 143 Å². The highest BCUT2D eigenvalue weighted by molar-refractivity contribution is 6.31. The summed E-state index contributed by atoms with van der Waals surface area (Å²) in [6.07, 6.45) is 1.03. The molecule has 0 heterocycles. The Hall–Kier alpha value is -1.90. The minimum Gasteiger partial charge on any atom is -0.480 e. The average molecular weight is 366 g/mol. The van der Waals surface area contributed by atoms with Gasteiger partial charge in [-0.2, -0.15) is 0 Å². The third-order valence-corrected chi connectivity index (χ3v) is 3.05. The van der Waals surface area contributed by atoms with Gasteiger partial charge in [0.1, 0.15) is 11.7 Å². The van der Waals surface area contributed by atoms with Gasteiger partial charge in [0.05, 0.1) is 11.5 Å². The number of nitro groups is 1. The van der Waals surface area contributed by atoms with Crippen molar-refractivity contribution in [3.63, 3.8) is 0 Å². The van der Waals surface area contributed by atoms with E-state index in [1.807, 2.05) is 6.92 Å². The molecule has 0 aliphatic carbocycles. The highest BCUT2D eigenvalue weighted by Crippen LogP contribution is 2.27. The topological polar surface area (TPSA) is 122 Å². The number of nitrogens with one attached hydrogen (secondary N) is 2. The molecule has 1 rings (SSSR count). The van der Waals surface area contributed by atoms with Crippen molar-refractivity contribution in [2.24, 2.45) is 0 Å². The normalized spacial score (nSPS) is 11.2. The van der Waals surface area contributed by atoms with Crippen LogP contribution in [0, 0.1) is 10.1 Å². The van der Waals surface area contributed by atoms with Crippen LogP contribution in [0.5, 0.6) is 0 Å². The minimum atomic E-state index is -1.05. The van der Waals surface area contributed by atoms with Crippen LogP contribution < -0.4 is 10.6 Å². The maximum atomic E-state index is 11.8. The Balaban J connectivity index is 0.00000484. The fourth-order valence-corrected chi connectivity index (χ4v) is 1.94.